The van der Waals surface area contributed by atoms with Crippen molar-refractivity contribution in [3.05, 3.63) is 125 Å². The Morgan fingerprint density at radius 1 is 0.864 bits per heavy atom. The normalized spacial score (nSPS) is 11.9. The molecule has 2 heterocycles. The van der Waals surface area contributed by atoms with E-state index in [2.05, 4.69) is 21.1 Å². The molecule has 0 aliphatic rings. The van der Waals surface area contributed by atoms with E-state index in [0.717, 1.165) is 16.0 Å². The molecule has 1 atom stereocenters. The zero-order chi connectivity index (χ0) is 31.1. The van der Waals surface area contributed by atoms with Crippen LogP contribution in [0.1, 0.15) is 34.4 Å². The smallest absolute Gasteiger partial charge is 0.272 e. The fraction of sp³-hybridized carbons (Fsp3) is 0.118. The summed E-state index contributed by atoms with van der Waals surface area (Å²) in [6.07, 6.45) is 1.49. The van der Waals surface area contributed by atoms with Gasteiger partial charge >= 0.3 is 0 Å². The van der Waals surface area contributed by atoms with Crippen molar-refractivity contribution in [2.75, 3.05) is 10.6 Å². The van der Waals surface area contributed by atoms with Gasteiger partial charge in [0.25, 0.3) is 11.8 Å². The Labute approximate surface area is 258 Å². The molecule has 0 spiro atoms. The second-order valence-electron chi connectivity index (χ2n) is 10.00. The molecule has 0 saturated heterocycles. The number of benzene rings is 3. The summed E-state index contributed by atoms with van der Waals surface area (Å²) in [5.41, 5.74) is 2.95. The predicted molar refractivity (Wildman–Crippen MR) is 171 cm³/mol. The summed E-state index contributed by atoms with van der Waals surface area (Å²) < 4.78 is 11.0. The van der Waals surface area contributed by atoms with E-state index in [0.29, 0.717) is 34.3 Å². The first-order valence-corrected chi connectivity index (χ1v) is 14.7. The number of furan rings is 1. The minimum atomic E-state index is -0.529. The van der Waals surface area contributed by atoms with Crippen molar-refractivity contribution in [1.82, 2.24) is 10.5 Å². The summed E-state index contributed by atoms with van der Waals surface area (Å²) in [7, 11) is 0. The second kappa shape index (κ2) is 13.7. The molecule has 0 radical (unpaired) electrons. The molecule has 0 fully saturated rings. The van der Waals surface area contributed by atoms with Gasteiger partial charge in [-0.05, 0) is 69.3 Å². The van der Waals surface area contributed by atoms with Crippen molar-refractivity contribution in [3.8, 4) is 11.3 Å². The summed E-state index contributed by atoms with van der Waals surface area (Å²) >= 11 is 1.36. The van der Waals surface area contributed by atoms with E-state index in [-0.39, 0.29) is 11.6 Å². The van der Waals surface area contributed by atoms with E-state index < -0.39 is 17.1 Å². The van der Waals surface area contributed by atoms with Gasteiger partial charge in [-0.3, -0.25) is 14.4 Å². The van der Waals surface area contributed by atoms with Gasteiger partial charge in [0, 0.05) is 33.9 Å². The number of hydrogen-bond donors (Lipinski definition) is 3. The van der Waals surface area contributed by atoms with Gasteiger partial charge in [0.1, 0.15) is 23.0 Å². The van der Waals surface area contributed by atoms with Gasteiger partial charge in [0.05, 0.1) is 5.25 Å². The lowest BCUT2D eigenvalue weighted by molar-refractivity contribution is -0.115. The molecule has 10 heteroatoms. The molecule has 0 saturated carbocycles. The monoisotopic (exact) mass is 606 g/mol. The standard InChI is InChI=1S/C34H30N4O5S/c1-21-9-11-24(12-10-21)30-18-15-27(42-30)20-29(36-33(40)25-7-5-4-6-8-25)34(41)35-26-13-16-28(17-14-26)44-23(3)32(39)37-31-19-22(2)43-38-31/h4-20,23H,1-3H3,(H,35,41)(H,36,40)(H,37,38,39)/b29-20-. The van der Waals surface area contributed by atoms with E-state index in [1.807, 2.05) is 43.3 Å². The molecule has 3 aromatic carbocycles. The number of nitrogens with zero attached hydrogens (tertiary/aromatic N) is 1. The van der Waals surface area contributed by atoms with E-state index in [1.54, 1.807) is 74.5 Å². The second-order valence-corrected chi connectivity index (χ2v) is 11.4. The van der Waals surface area contributed by atoms with Gasteiger partial charge in [-0.15, -0.1) is 11.8 Å². The molecular weight excluding hydrogens is 576 g/mol. The molecule has 2 aromatic heterocycles. The van der Waals surface area contributed by atoms with Gasteiger partial charge in [0.15, 0.2) is 5.82 Å². The third-order valence-corrected chi connectivity index (χ3v) is 7.56. The largest absolute Gasteiger partial charge is 0.457 e. The van der Waals surface area contributed by atoms with Crippen LogP contribution in [0.5, 0.6) is 0 Å². The first kappa shape index (κ1) is 30.1. The Bertz CT molecular complexity index is 1790. The highest BCUT2D eigenvalue weighted by molar-refractivity contribution is 8.00. The molecule has 0 aliphatic carbocycles. The summed E-state index contributed by atoms with van der Waals surface area (Å²) in [6, 6.07) is 28.8. The van der Waals surface area contributed by atoms with Crippen LogP contribution in [0.25, 0.3) is 17.4 Å². The van der Waals surface area contributed by atoms with Crippen molar-refractivity contribution in [1.29, 1.82) is 0 Å². The molecule has 0 aliphatic heterocycles. The van der Waals surface area contributed by atoms with E-state index in [4.69, 9.17) is 8.94 Å². The topological polar surface area (TPSA) is 126 Å². The van der Waals surface area contributed by atoms with Gasteiger partial charge < -0.3 is 24.9 Å². The van der Waals surface area contributed by atoms with Crippen molar-refractivity contribution < 1.29 is 23.3 Å². The highest BCUT2D eigenvalue weighted by atomic mass is 32.2. The quantitative estimate of drug-likeness (QED) is 0.115. The number of amides is 3. The van der Waals surface area contributed by atoms with E-state index in [1.165, 1.54) is 17.8 Å². The number of carbonyl (C=O) groups excluding carboxylic acids is 3. The van der Waals surface area contributed by atoms with Crippen molar-refractivity contribution >= 4 is 47.1 Å². The first-order chi connectivity index (χ1) is 21.2. The Morgan fingerprint density at radius 2 is 1.59 bits per heavy atom. The van der Waals surface area contributed by atoms with Crippen LogP contribution in [0.15, 0.2) is 117 Å². The lowest BCUT2D eigenvalue weighted by Gasteiger charge is -2.12. The molecule has 222 valence electrons. The molecule has 5 rings (SSSR count). The summed E-state index contributed by atoms with van der Waals surface area (Å²) in [5.74, 6) is 0.828. The van der Waals surface area contributed by atoms with Gasteiger partial charge in [-0.2, -0.15) is 0 Å². The van der Waals surface area contributed by atoms with Crippen LogP contribution in [0.4, 0.5) is 11.5 Å². The van der Waals surface area contributed by atoms with E-state index >= 15 is 0 Å². The number of aryl methyl sites for hydroxylation is 2. The minimum absolute atomic E-state index is 0.00972. The molecule has 9 nitrogen and oxygen atoms in total. The Morgan fingerprint density at radius 3 is 2.27 bits per heavy atom. The number of carbonyl (C=O) groups is 3. The predicted octanol–water partition coefficient (Wildman–Crippen LogP) is 7.08. The lowest BCUT2D eigenvalue weighted by atomic mass is 10.1. The van der Waals surface area contributed by atoms with Gasteiger partial charge in [0.2, 0.25) is 5.91 Å². The molecule has 5 aromatic rings. The number of rotatable bonds is 10. The third kappa shape index (κ3) is 7.93. The van der Waals surface area contributed by atoms with Crippen molar-refractivity contribution in [3.63, 3.8) is 0 Å². The Balaban J connectivity index is 1.29. The number of anilines is 2. The molecule has 0 bridgehead atoms. The van der Waals surface area contributed by atoms with Crippen LogP contribution in [0.3, 0.4) is 0 Å². The molecule has 3 amide bonds. The van der Waals surface area contributed by atoms with Crippen LogP contribution >= 0.6 is 11.8 Å². The fourth-order valence-electron chi connectivity index (χ4n) is 4.11. The molecular formula is C34H30N4O5S. The zero-order valence-corrected chi connectivity index (χ0v) is 25.1. The average molecular weight is 607 g/mol. The van der Waals surface area contributed by atoms with Crippen LogP contribution in [-0.4, -0.2) is 28.1 Å². The van der Waals surface area contributed by atoms with Gasteiger partial charge in [-0.1, -0.05) is 53.2 Å². The minimum Gasteiger partial charge on any atom is -0.457 e. The van der Waals surface area contributed by atoms with Crippen LogP contribution in [0.2, 0.25) is 0 Å². The molecule has 1 unspecified atom stereocenters. The van der Waals surface area contributed by atoms with Crippen LogP contribution < -0.4 is 16.0 Å². The third-order valence-electron chi connectivity index (χ3n) is 6.45. The lowest BCUT2D eigenvalue weighted by Crippen LogP contribution is -2.30. The SMILES string of the molecule is Cc1ccc(-c2ccc(/C=C(\NC(=O)c3ccccc3)C(=O)Nc3ccc(SC(C)C(=O)Nc4cc(C)on4)cc3)o2)cc1. The highest BCUT2D eigenvalue weighted by Crippen LogP contribution is 2.27. The Hall–Kier alpha value is -5.35. The van der Waals surface area contributed by atoms with Crippen LogP contribution in [-0.2, 0) is 9.59 Å². The van der Waals surface area contributed by atoms with Crippen LogP contribution in [0, 0.1) is 13.8 Å². The summed E-state index contributed by atoms with van der Waals surface area (Å²) in [4.78, 5) is 39.7. The van der Waals surface area contributed by atoms with Gasteiger partial charge in [-0.25, -0.2) is 0 Å². The first-order valence-electron chi connectivity index (χ1n) is 13.8. The highest BCUT2D eigenvalue weighted by Gasteiger charge is 2.18. The van der Waals surface area contributed by atoms with Crippen molar-refractivity contribution in [2.45, 2.75) is 30.9 Å². The average Bonchev–Trinajstić information content (AvgIpc) is 3.67. The fourth-order valence-corrected chi connectivity index (χ4v) is 4.98. The summed E-state index contributed by atoms with van der Waals surface area (Å²) in [6.45, 7) is 5.54. The summed E-state index contributed by atoms with van der Waals surface area (Å²) in [5, 5.41) is 11.6. The number of hydrogen-bond acceptors (Lipinski definition) is 7. The van der Waals surface area contributed by atoms with Crippen molar-refractivity contribution in [2.24, 2.45) is 0 Å². The maximum Gasteiger partial charge on any atom is 0.272 e. The molecule has 44 heavy (non-hydrogen) atoms. The number of aromatic nitrogens is 1. The Kier molecular flexibility index (Phi) is 9.41. The zero-order valence-electron chi connectivity index (χ0n) is 24.3. The van der Waals surface area contributed by atoms with E-state index in [9.17, 15) is 14.4 Å². The number of thioether (sulfide) groups is 1. The maximum atomic E-state index is 13.4. The maximum absolute atomic E-state index is 13.4. The molecule has 3 N–H and O–H groups in total. The number of nitrogens with one attached hydrogen (secondary N) is 3.